The molecule has 1 aromatic heterocycles. The van der Waals surface area contributed by atoms with Crippen molar-refractivity contribution in [2.45, 2.75) is 39.7 Å². The average Bonchev–Trinajstić information content (AvgIpc) is 2.46. The molecule has 0 N–H and O–H groups in total. The zero-order valence-corrected chi connectivity index (χ0v) is 14.2. The monoisotopic (exact) mass is 306 g/mol. The summed E-state index contributed by atoms with van der Waals surface area (Å²) in [5.74, 6) is 0.717. The van der Waals surface area contributed by atoms with E-state index >= 15 is 0 Å². The van der Waals surface area contributed by atoms with Gasteiger partial charge in [0.05, 0.1) is 12.7 Å². The molecule has 0 spiro atoms. The number of pyridine rings is 1. The molecule has 5 nitrogen and oxygen atoms in total. The molecule has 1 aromatic rings. The molecule has 22 heavy (non-hydrogen) atoms. The van der Waals surface area contributed by atoms with Gasteiger partial charge in [-0.15, -0.1) is 6.58 Å². The van der Waals surface area contributed by atoms with Crippen molar-refractivity contribution in [3.05, 3.63) is 30.4 Å². The van der Waals surface area contributed by atoms with E-state index in [-0.39, 0.29) is 5.97 Å². The van der Waals surface area contributed by atoms with Gasteiger partial charge < -0.3 is 14.4 Å². The first-order valence-corrected chi connectivity index (χ1v) is 7.46. The van der Waals surface area contributed by atoms with Gasteiger partial charge in [-0.25, -0.2) is 4.79 Å². The van der Waals surface area contributed by atoms with E-state index in [1.54, 1.807) is 12.1 Å². The predicted octanol–water partition coefficient (Wildman–Crippen LogP) is 3.45. The smallest absolute Gasteiger partial charge is 0.338 e. The van der Waals surface area contributed by atoms with Crippen molar-refractivity contribution in [3.63, 3.8) is 0 Å². The Morgan fingerprint density at radius 3 is 2.59 bits per heavy atom. The summed E-state index contributed by atoms with van der Waals surface area (Å²) >= 11 is 0. The second-order valence-electron chi connectivity index (χ2n) is 5.92. The zero-order valence-electron chi connectivity index (χ0n) is 14.2. The van der Waals surface area contributed by atoms with Crippen molar-refractivity contribution < 1.29 is 14.3 Å². The van der Waals surface area contributed by atoms with Crippen LogP contribution in [-0.2, 0) is 4.74 Å². The van der Waals surface area contributed by atoms with Gasteiger partial charge in [0.2, 0.25) is 5.88 Å². The standard InChI is InChI=1S/C17H26N2O3/c1-7-9-10-19(8-2)14-11-13(12-15(18-14)21-6)16(20)22-17(3,4)5/h7,11-12H,1,8-10H2,2-6H3. The van der Waals surface area contributed by atoms with E-state index in [1.807, 2.05) is 33.8 Å². The maximum Gasteiger partial charge on any atom is 0.338 e. The van der Waals surface area contributed by atoms with Crippen LogP contribution in [0.15, 0.2) is 24.8 Å². The number of carbonyl (C=O) groups excluding carboxylic acids is 1. The van der Waals surface area contributed by atoms with Crippen molar-refractivity contribution >= 4 is 11.8 Å². The number of methoxy groups -OCH3 is 1. The Labute approximate surface area is 132 Å². The van der Waals surface area contributed by atoms with E-state index in [4.69, 9.17) is 9.47 Å². The first-order valence-electron chi connectivity index (χ1n) is 7.46. The Balaban J connectivity index is 3.11. The van der Waals surface area contributed by atoms with Crippen LogP contribution in [0.4, 0.5) is 5.82 Å². The van der Waals surface area contributed by atoms with Crippen LogP contribution in [-0.4, -0.2) is 36.8 Å². The second-order valence-corrected chi connectivity index (χ2v) is 5.92. The molecule has 1 heterocycles. The maximum absolute atomic E-state index is 12.3. The molecule has 0 aliphatic heterocycles. The van der Waals surface area contributed by atoms with Crippen molar-refractivity contribution in [3.8, 4) is 5.88 Å². The summed E-state index contributed by atoms with van der Waals surface area (Å²) < 4.78 is 10.6. The Kier molecular flexibility index (Phi) is 6.40. The van der Waals surface area contributed by atoms with Gasteiger partial charge in [0, 0.05) is 19.2 Å². The minimum Gasteiger partial charge on any atom is -0.481 e. The summed E-state index contributed by atoms with van der Waals surface area (Å²) in [5, 5.41) is 0. The van der Waals surface area contributed by atoms with Crippen molar-refractivity contribution in [1.29, 1.82) is 0 Å². The summed E-state index contributed by atoms with van der Waals surface area (Å²) in [5.41, 5.74) is -0.102. The van der Waals surface area contributed by atoms with Crippen LogP contribution in [0, 0.1) is 0 Å². The highest BCUT2D eigenvalue weighted by molar-refractivity contribution is 5.91. The lowest BCUT2D eigenvalue weighted by atomic mass is 10.2. The lowest BCUT2D eigenvalue weighted by molar-refractivity contribution is 0.00690. The largest absolute Gasteiger partial charge is 0.481 e. The molecular formula is C17H26N2O3. The molecular weight excluding hydrogens is 280 g/mol. The number of anilines is 1. The van der Waals surface area contributed by atoms with Crippen LogP contribution >= 0.6 is 0 Å². The second kappa shape index (κ2) is 7.82. The summed E-state index contributed by atoms with van der Waals surface area (Å²) in [4.78, 5) is 18.7. The van der Waals surface area contributed by atoms with Crippen molar-refractivity contribution in [1.82, 2.24) is 4.98 Å². The first kappa shape index (κ1) is 18.0. The van der Waals surface area contributed by atoms with Gasteiger partial charge in [-0.05, 0) is 40.2 Å². The molecule has 0 bridgehead atoms. The molecule has 0 aliphatic carbocycles. The number of hydrogen-bond donors (Lipinski definition) is 0. The van der Waals surface area contributed by atoms with E-state index < -0.39 is 5.60 Å². The number of aromatic nitrogens is 1. The number of rotatable bonds is 7. The highest BCUT2D eigenvalue weighted by atomic mass is 16.6. The molecule has 0 radical (unpaired) electrons. The third-order valence-electron chi connectivity index (χ3n) is 2.94. The number of ether oxygens (including phenoxy) is 2. The molecule has 122 valence electrons. The molecule has 0 aromatic carbocycles. The lowest BCUT2D eigenvalue weighted by Crippen LogP contribution is -2.26. The topological polar surface area (TPSA) is 51.7 Å². The van der Waals surface area contributed by atoms with E-state index in [2.05, 4.69) is 16.5 Å². The Morgan fingerprint density at radius 1 is 1.41 bits per heavy atom. The van der Waals surface area contributed by atoms with Gasteiger partial charge in [0.1, 0.15) is 11.4 Å². The zero-order chi connectivity index (χ0) is 16.8. The molecule has 0 aliphatic rings. The van der Waals surface area contributed by atoms with Crippen LogP contribution in [0.2, 0.25) is 0 Å². The molecule has 0 unspecified atom stereocenters. The van der Waals surface area contributed by atoms with Crippen molar-refractivity contribution in [2.75, 3.05) is 25.1 Å². The number of hydrogen-bond acceptors (Lipinski definition) is 5. The SMILES string of the molecule is C=CCCN(CC)c1cc(C(=O)OC(C)(C)C)cc(OC)n1. The first-order chi connectivity index (χ1) is 10.3. The summed E-state index contributed by atoms with van der Waals surface area (Å²) in [6.07, 6.45) is 2.70. The summed E-state index contributed by atoms with van der Waals surface area (Å²) in [7, 11) is 1.53. The fourth-order valence-corrected chi connectivity index (χ4v) is 1.89. The van der Waals surface area contributed by atoms with Gasteiger partial charge >= 0.3 is 5.97 Å². The number of carbonyl (C=O) groups is 1. The van der Waals surface area contributed by atoms with Crippen LogP contribution < -0.4 is 9.64 Å². The van der Waals surface area contributed by atoms with E-state index in [9.17, 15) is 4.79 Å². The molecule has 0 amide bonds. The Morgan fingerprint density at radius 2 is 2.09 bits per heavy atom. The highest BCUT2D eigenvalue weighted by Gasteiger charge is 2.20. The van der Waals surface area contributed by atoms with Crippen LogP contribution in [0.25, 0.3) is 0 Å². The molecule has 0 saturated carbocycles. The fraction of sp³-hybridized carbons (Fsp3) is 0.529. The maximum atomic E-state index is 12.3. The number of nitrogens with zero attached hydrogens (tertiary/aromatic N) is 2. The van der Waals surface area contributed by atoms with E-state index in [1.165, 1.54) is 7.11 Å². The normalized spacial score (nSPS) is 11.0. The molecule has 0 saturated heterocycles. The van der Waals surface area contributed by atoms with E-state index in [0.717, 1.165) is 19.5 Å². The fourth-order valence-electron chi connectivity index (χ4n) is 1.89. The molecule has 5 heteroatoms. The third-order valence-corrected chi connectivity index (χ3v) is 2.94. The van der Waals surface area contributed by atoms with Crippen LogP contribution in [0.5, 0.6) is 5.88 Å². The Bertz CT molecular complexity index is 521. The highest BCUT2D eigenvalue weighted by Crippen LogP contribution is 2.22. The summed E-state index contributed by atoms with van der Waals surface area (Å²) in [6, 6.07) is 3.34. The van der Waals surface area contributed by atoms with Gasteiger partial charge in [-0.2, -0.15) is 4.98 Å². The van der Waals surface area contributed by atoms with Crippen LogP contribution in [0.1, 0.15) is 44.5 Å². The molecule has 0 fully saturated rings. The third kappa shape index (κ3) is 5.39. The van der Waals surface area contributed by atoms with Gasteiger partial charge in [0.25, 0.3) is 0 Å². The van der Waals surface area contributed by atoms with Gasteiger partial charge in [0.15, 0.2) is 0 Å². The number of esters is 1. The summed E-state index contributed by atoms with van der Waals surface area (Å²) in [6.45, 7) is 12.9. The van der Waals surface area contributed by atoms with Gasteiger partial charge in [-0.3, -0.25) is 0 Å². The van der Waals surface area contributed by atoms with E-state index in [0.29, 0.717) is 17.3 Å². The minimum atomic E-state index is -0.541. The van der Waals surface area contributed by atoms with Crippen LogP contribution in [0.3, 0.4) is 0 Å². The quantitative estimate of drug-likeness (QED) is 0.570. The van der Waals surface area contributed by atoms with Gasteiger partial charge in [-0.1, -0.05) is 6.08 Å². The molecule has 1 rings (SSSR count). The predicted molar refractivity (Wildman–Crippen MR) is 88.7 cm³/mol. The average molecular weight is 306 g/mol. The Hall–Kier alpha value is -2.04. The minimum absolute atomic E-state index is 0.380. The van der Waals surface area contributed by atoms with Crippen molar-refractivity contribution in [2.24, 2.45) is 0 Å². The lowest BCUT2D eigenvalue weighted by Gasteiger charge is -2.23. The molecule has 0 atom stereocenters.